The Morgan fingerprint density at radius 3 is 1.67 bits per heavy atom. The molecule has 0 atom stereocenters. The van der Waals surface area contributed by atoms with Crippen molar-refractivity contribution in [2.75, 3.05) is 7.05 Å². The highest BCUT2D eigenvalue weighted by Gasteiger charge is 2.23. The zero-order valence-corrected chi connectivity index (χ0v) is 6.81. The number of nitrogens with zero attached hydrogens (tertiary/aromatic N) is 1. The first-order valence-electron chi connectivity index (χ1n) is 3.49. The molecule has 0 amide bonds. The lowest BCUT2D eigenvalue weighted by molar-refractivity contribution is -0.148. The van der Waals surface area contributed by atoms with Crippen LogP contribution in [0.5, 0.6) is 0 Å². The van der Waals surface area contributed by atoms with Crippen molar-refractivity contribution in [2.45, 2.75) is 39.2 Å². The van der Waals surface area contributed by atoms with Crippen molar-refractivity contribution in [1.82, 2.24) is 5.06 Å². The van der Waals surface area contributed by atoms with E-state index >= 15 is 0 Å². The van der Waals surface area contributed by atoms with E-state index in [4.69, 9.17) is 5.21 Å². The van der Waals surface area contributed by atoms with Gasteiger partial charge in [0.25, 0.3) is 0 Å². The second-order valence-corrected chi connectivity index (χ2v) is 2.73. The van der Waals surface area contributed by atoms with E-state index in [-0.39, 0.29) is 5.54 Å². The van der Waals surface area contributed by atoms with Gasteiger partial charge in [-0.05, 0) is 19.8 Å². The Hall–Kier alpha value is -0.0800. The standard InChI is InChI=1S/C7H17NO/c1-5-7(3,6-2)8(4)9/h9H,5-6H2,1-4H3. The first-order chi connectivity index (χ1) is 4.06. The van der Waals surface area contributed by atoms with E-state index in [1.54, 1.807) is 7.05 Å². The molecule has 0 aliphatic carbocycles. The smallest absolute Gasteiger partial charge is 0.0424 e. The molecule has 0 heterocycles. The minimum absolute atomic E-state index is 0.0278. The Labute approximate surface area is 57.4 Å². The van der Waals surface area contributed by atoms with Gasteiger partial charge in [0, 0.05) is 12.6 Å². The quantitative estimate of drug-likeness (QED) is 0.591. The van der Waals surface area contributed by atoms with Gasteiger partial charge in [-0.25, -0.2) is 0 Å². The van der Waals surface area contributed by atoms with Crippen LogP contribution in [0.4, 0.5) is 0 Å². The maximum atomic E-state index is 9.10. The van der Waals surface area contributed by atoms with Crippen LogP contribution >= 0.6 is 0 Å². The van der Waals surface area contributed by atoms with Gasteiger partial charge in [-0.15, -0.1) is 0 Å². The molecule has 56 valence electrons. The average molecular weight is 131 g/mol. The Morgan fingerprint density at radius 2 is 1.67 bits per heavy atom. The molecule has 9 heavy (non-hydrogen) atoms. The van der Waals surface area contributed by atoms with Crippen molar-refractivity contribution in [1.29, 1.82) is 0 Å². The molecular formula is C7H17NO. The van der Waals surface area contributed by atoms with E-state index < -0.39 is 0 Å². The maximum Gasteiger partial charge on any atom is 0.0424 e. The zero-order valence-electron chi connectivity index (χ0n) is 6.81. The molecule has 0 bridgehead atoms. The average Bonchev–Trinajstić information content (AvgIpc) is 1.86. The Balaban J connectivity index is 3.92. The summed E-state index contributed by atoms with van der Waals surface area (Å²) in [6.45, 7) is 6.21. The molecule has 0 aromatic rings. The summed E-state index contributed by atoms with van der Waals surface area (Å²) in [6, 6.07) is 0. The molecule has 0 aliphatic heterocycles. The molecule has 0 fully saturated rings. The number of hydrogen-bond donors (Lipinski definition) is 1. The summed E-state index contributed by atoms with van der Waals surface area (Å²) < 4.78 is 0. The summed E-state index contributed by atoms with van der Waals surface area (Å²) in [5.74, 6) is 0. The number of hydrogen-bond acceptors (Lipinski definition) is 2. The molecule has 0 spiro atoms. The highest BCUT2D eigenvalue weighted by molar-refractivity contribution is 4.75. The van der Waals surface area contributed by atoms with Gasteiger partial charge in [0.2, 0.25) is 0 Å². The van der Waals surface area contributed by atoms with Crippen LogP contribution in [0.2, 0.25) is 0 Å². The summed E-state index contributed by atoms with van der Waals surface area (Å²) in [4.78, 5) is 0. The highest BCUT2D eigenvalue weighted by atomic mass is 16.5. The van der Waals surface area contributed by atoms with Gasteiger partial charge >= 0.3 is 0 Å². The Morgan fingerprint density at radius 1 is 1.33 bits per heavy atom. The molecule has 2 heteroatoms. The summed E-state index contributed by atoms with van der Waals surface area (Å²) in [6.07, 6.45) is 1.97. The van der Waals surface area contributed by atoms with Gasteiger partial charge in [0.1, 0.15) is 0 Å². The molecular weight excluding hydrogens is 114 g/mol. The maximum absolute atomic E-state index is 9.10. The number of rotatable bonds is 3. The topological polar surface area (TPSA) is 23.5 Å². The number of hydroxylamine groups is 2. The minimum atomic E-state index is -0.0278. The molecule has 0 saturated heterocycles. The van der Waals surface area contributed by atoms with Crippen LogP contribution < -0.4 is 0 Å². The van der Waals surface area contributed by atoms with Crippen molar-refractivity contribution >= 4 is 0 Å². The predicted molar refractivity (Wildman–Crippen MR) is 38.5 cm³/mol. The first-order valence-corrected chi connectivity index (χ1v) is 3.49. The van der Waals surface area contributed by atoms with E-state index in [0.717, 1.165) is 12.8 Å². The summed E-state index contributed by atoms with van der Waals surface area (Å²) >= 11 is 0. The van der Waals surface area contributed by atoms with E-state index in [9.17, 15) is 0 Å². The normalized spacial score (nSPS) is 12.7. The molecule has 0 radical (unpaired) electrons. The largest absolute Gasteiger partial charge is 0.314 e. The third-order valence-corrected chi connectivity index (χ3v) is 2.30. The van der Waals surface area contributed by atoms with Crippen molar-refractivity contribution in [3.8, 4) is 0 Å². The van der Waals surface area contributed by atoms with Crippen LogP contribution in [-0.2, 0) is 0 Å². The molecule has 0 saturated carbocycles. The molecule has 0 rings (SSSR count). The van der Waals surface area contributed by atoms with E-state index in [0.29, 0.717) is 0 Å². The van der Waals surface area contributed by atoms with E-state index in [1.807, 2.05) is 6.92 Å². The van der Waals surface area contributed by atoms with Crippen molar-refractivity contribution < 1.29 is 5.21 Å². The molecule has 0 aromatic heterocycles. The third kappa shape index (κ3) is 1.95. The fourth-order valence-electron chi connectivity index (χ4n) is 0.708. The third-order valence-electron chi connectivity index (χ3n) is 2.30. The van der Waals surface area contributed by atoms with E-state index in [2.05, 4.69) is 13.8 Å². The second-order valence-electron chi connectivity index (χ2n) is 2.73. The fourth-order valence-corrected chi connectivity index (χ4v) is 0.708. The van der Waals surface area contributed by atoms with Crippen LogP contribution in [0.15, 0.2) is 0 Å². The summed E-state index contributed by atoms with van der Waals surface area (Å²) in [5.41, 5.74) is -0.0278. The molecule has 0 aliphatic rings. The Bertz CT molecular complexity index is 77.0. The van der Waals surface area contributed by atoms with Crippen molar-refractivity contribution in [2.24, 2.45) is 0 Å². The lowest BCUT2D eigenvalue weighted by Crippen LogP contribution is -2.40. The SMILES string of the molecule is CCC(C)(CC)N(C)O. The van der Waals surface area contributed by atoms with Gasteiger partial charge in [-0.3, -0.25) is 0 Å². The molecule has 1 N–H and O–H groups in total. The van der Waals surface area contributed by atoms with Crippen LogP contribution in [0.25, 0.3) is 0 Å². The van der Waals surface area contributed by atoms with Gasteiger partial charge in [0.15, 0.2) is 0 Å². The summed E-state index contributed by atoms with van der Waals surface area (Å²) in [5, 5.41) is 10.4. The monoisotopic (exact) mass is 131 g/mol. The highest BCUT2D eigenvalue weighted by Crippen LogP contribution is 2.18. The predicted octanol–water partition coefficient (Wildman–Crippen LogP) is 1.89. The van der Waals surface area contributed by atoms with Gasteiger partial charge < -0.3 is 5.21 Å². The van der Waals surface area contributed by atoms with Gasteiger partial charge in [-0.1, -0.05) is 13.8 Å². The zero-order chi connectivity index (χ0) is 7.49. The molecule has 0 aromatic carbocycles. The van der Waals surface area contributed by atoms with Crippen LogP contribution in [0.3, 0.4) is 0 Å². The van der Waals surface area contributed by atoms with Crippen LogP contribution in [0.1, 0.15) is 33.6 Å². The van der Waals surface area contributed by atoms with Gasteiger partial charge in [0.05, 0.1) is 0 Å². The molecule has 2 nitrogen and oxygen atoms in total. The fraction of sp³-hybridized carbons (Fsp3) is 1.00. The molecule has 0 unspecified atom stereocenters. The van der Waals surface area contributed by atoms with E-state index in [1.165, 1.54) is 5.06 Å². The minimum Gasteiger partial charge on any atom is -0.314 e. The lowest BCUT2D eigenvalue weighted by atomic mass is 9.96. The lowest BCUT2D eigenvalue weighted by Gasteiger charge is -2.32. The van der Waals surface area contributed by atoms with Crippen molar-refractivity contribution in [3.05, 3.63) is 0 Å². The second kappa shape index (κ2) is 3.18. The van der Waals surface area contributed by atoms with Crippen molar-refractivity contribution in [3.63, 3.8) is 0 Å². The Kier molecular flexibility index (Phi) is 3.15. The van der Waals surface area contributed by atoms with Crippen LogP contribution in [0, 0.1) is 0 Å². The van der Waals surface area contributed by atoms with Gasteiger partial charge in [-0.2, -0.15) is 5.06 Å². The summed E-state index contributed by atoms with van der Waals surface area (Å²) in [7, 11) is 1.70. The van der Waals surface area contributed by atoms with Crippen LogP contribution in [-0.4, -0.2) is 22.9 Å². The first kappa shape index (κ1) is 8.92.